The lowest BCUT2D eigenvalue weighted by Crippen LogP contribution is -2.63. The number of carboxylic acid groups (broad SMARTS) is 1. The van der Waals surface area contributed by atoms with Gasteiger partial charge < -0.3 is 24.2 Å². The summed E-state index contributed by atoms with van der Waals surface area (Å²) in [6, 6.07) is 4.99. The minimum Gasteiger partial charge on any atom is -0.465 e. The van der Waals surface area contributed by atoms with Crippen LogP contribution < -0.4 is 10.4 Å². The minimum atomic E-state index is -1.20. The number of aromatic nitrogens is 2. The third-order valence-electron chi connectivity index (χ3n) is 9.76. The number of hydroxylamine groups is 1. The molecule has 3 saturated heterocycles. The molecule has 4 aliphatic rings. The van der Waals surface area contributed by atoms with E-state index in [1.807, 2.05) is 18.5 Å². The highest BCUT2D eigenvalue weighted by atomic mass is 16.5. The second kappa shape index (κ2) is 10.5. The van der Waals surface area contributed by atoms with Gasteiger partial charge in [-0.25, -0.2) is 15.3 Å². The number of hydrogen-bond donors (Lipinski definition) is 3. The van der Waals surface area contributed by atoms with Gasteiger partial charge in [0.1, 0.15) is 6.04 Å². The van der Waals surface area contributed by atoms with Gasteiger partial charge >= 0.3 is 6.09 Å². The van der Waals surface area contributed by atoms with E-state index in [9.17, 15) is 24.7 Å². The molecule has 1 spiro atoms. The SMILES string of the molecule is CCn1cnc2ccc(N3CCN(C(=O)[C@@H]4[C@@H](C(=O)NO)CC5(CC5C5CCOCC5)CN4C(=O)O)CC3)cc21. The van der Waals surface area contributed by atoms with E-state index in [1.54, 1.807) is 10.4 Å². The van der Waals surface area contributed by atoms with Crippen LogP contribution in [0.3, 0.4) is 0 Å². The molecular weight excluding hydrogens is 516 g/mol. The molecular formula is C28H38N6O6. The zero-order valence-electron chi connectivity index (χ0n) is 22.9. The highest BCUT2D eigenvalue weighted by Crippen LogP contribution is 2.64. The number of nitrogens with one attached hydrogen (secondary N) is 1. The molecule has 1 aromatic heterocycles. The van der Waals surface area contributed by atoms with Gasteiger partial charge in [-0.05, 0) is 68.1 Å². The van der Waals surface area contributed by atoms with E-state index in [0.29, 0.717) is 57.6 Å². The Morgan fingerprint density at radius 3 is 2.55 bits per heavy atom. The van der Waals surface area contributed by atoms with Crippen molar-refractivity contribution in [3.8, 4) is 0 Å². The molecule has 2 unspecified atom stereocenters. The molecule has 1 aliphatic carbocycles. The van der Waals surface area contributed by atoms with Crippen LogP contribution >= 0.6 is 0 Å². The first-order valence-corrected chi connectivity index (χ1v) is 14.3. The Morgan fingerprint density at radius 2 is 1.88 bits per heavy atom. The number of benzene rings is 1. The van der Waals surface area contributed by atoms with E-state index in [2.05, 4.69) is 27.4 Å². The Hall–Kier alpha value is -3.38. The molecule has 1 saturated carbocycles. The number of rotatable bonds is 5. The number of carbonyl (C=O) groups is 3. The van der Waals surface area contributed by atoms with E-state index >= 15 is 0 Å². The highest BCUT2D eigenvalue weighted by molar-refractivity contribution is 5.92. The number of nitrogens with zero attached hydrogens (tertiary/aromatic N) is 5. The number of carbonyl (C=O) groups excluding carboxylic acids is 2. The normalized spacial score (nSPS) is 29.1. The molecule has 4 fully saturated rings. The molecule has 2 aromatic rings. The maximum absolute atomic E-state index is 13.9. The van der Waals surface area contributed by atoms with Crippen molar-refractivity contribution in [2.75, 3.05) is 50.8 Å². The summed E-state index contributed by atoms with van der Waals surface area (Å²) in [4.78, 5) is 48.8. The number of likely N-dealkylation sites (tertiary alicyclic amines) is 1. The molecule has 40 heavy (non-hydrogen) atoms. The fraction of sp³-hybridized carbons (Fsp3) is 0.643. The van der Waals surface area contributed by atoms with Crippen LogP contribution in [0, 0.1) is 23.2 Å². The standard InChI is InChI=1S/C28H38N6O6/c1-2-31-17-29-22-4-3-19(13-23(22)31)32-7-9-33(10-8-32)26(36)24-20(25(35)30-39)14-28(16-34(24)27(37)38)15-21(28)18-5-11-40-12-6-18/h3-4,13,17-18,20-21,24,39H,2,5-12,14-16H2,1H3,(H,30,35)(H,37,38)/t20-,21?,24-,28?/m0/s1. The monoisotopic (exact) mass is 554 g/mol. The summed E-state index contributed by atoms with van der Waals surface area (Å²) in [6.45, 7) is 6.53. The fourth-order valence-electron chi connectivity index (χ4n) is 7.53. The first kappa shape index (κ1) is 26.8. The lowest BCUT2D eigenvalue weighted by Gasteiger charge is -2.46. The Bertz CT molecular complexity index is 1290. The van der Waals surface area contributed by atoms with Crippen LogP contribution in [0.4, 0.5) is 10.5 Å². The van der Waals surface area contributed by atoms with Crippen LogP contribution in [-0.4, -0.2) is 99.6 Å². The predicted molar refractivity (Wildman–Crippen MR) is 145 cm³/mol. The Morgan fingerprint density at radius 1 is 1.12 bits per heavy atom. The summed E-state index contributed by atoms with van der Waals surface area (Å²) in [5, 5.41) is 19.8. The Kier molecular flexibility index (Phi) is 7.07. The fourth-order valence-corrected chi connectivity index (χ4v) is 7.53. The molecule has 0 radical (unpaired) electrons. The van der Waals surface area contributed by atoms with Gasteiger partial charge in [0.25, 0.3) is 0 Å². The van der Waals surface area contributed by atoms with Crippen molar-refractivity contribution >= 4 is 34.6 Å². The van der Waals surface area contributed by atoms with Gasteiger partial charge in [0.2, 0.25) is 11.8 Å². The van der Waals surface area contributed by atoms with E-state index in [4.69, 9.17) is 4.74 Å². The number of hydrogen-bond acceptors (Lipinski definition) is 7. The predicted octanol–water partition coefficient (Wildman–Crippen LogP) is 2.01. The van der Waals surface area contributed by atoms with Gasteiger partial charge in [-0.2, -0.15) is 0 Å². The minimum absolute atomic E-state index is 0.237. The third-order valence-corrected chi connectivity index (χ3v) is 9.76. The van der Waals surface area contributed by atoms with Crippen LogP contribution in [0.2, 0.25) is 0 Å². The maximum atomic E-state index is 13.9. The molecule has 216 valence electrons. The summed E-state index contributed by atoms with van der Waals surface area (Å²) in [6.07, 6.45) is 3.71. The molecule has 6 rings (SSSR count). The molecule has 3 amide bonds. The van der Waals surface area contributed by atoms with E-state index in [-0.39, 0.29) is 17.9 Å². The van der Waals surface area contributed by atoms with Gasteiger partial charge in [0, 0.05) is 58.2 Å². The van der Waals surface area contributed by atoms with Crippen molar-refractivity contribution in [1.82, 2.24) is 24.8 Å². The first-order chi connectivity index (χ1) is 19.3. The lowest BCUT2D eigenvalue weighted by atomic mass is 9.76. The van der Waals surface area contributed by atoms with Crippen molar-refractivity contribution in [2.45, 2.75) is 45.2 Å². The average Bonchev–Trinajstić information content (AvgIpc) is 3.52. The van der Waals surface area contributed by atoms with Crippen molar-refractivity contribution in [1.29, 1.82) is 0 Å². The van der Waals surface area contributed by atoms with Crippen LogP contribution in [0.15, 0.2) is 24.5 Å². The molecule has 12 nitrogen and oxygen atoms in total. The largest absolute Gasteiger partial charge is 0.465 e. The van der Waals surface area contributed by atoms with Crippen molar-refractivity contribution < 1.29 is 29.4 Å². The van der Waals surface area contributed by atoms with E-state index < -0.39 is 24.0 Å². The number of ether oxygens (including phenoxy) is 1. The molecule has 3 N–H and O–H groups in total. The number of anilines is 1. The number of piperidine rings is 1. The van der Waals surface area contributed by atoms with Crippen molar-refractivity contribution in [2.24, 2.45) is 23.2 Å². The zero-order chi connectivity index (χ0) is 28.0. The number of amides is 3. The smallest absolute Gasteiger partial charge is 0.408 e. The topological polar surface area (TPSA) is 140 Å². The molecule has 3 aliphatic heterocycles. The van der Waals surface area contributed by atoms with Crippen LogP contribution in [0.5, 0.6) is 0 Å². The highest BCUT2D eigenvalue weighted by Gasteiger charge is 2.64. The maximum Gasteiger partial charge on any atom is 0.408 e. The molecule has 0 bridgehead atoms. The van der Waals surface area contributed by atoms with E-state index in [0.717, 1.165) is 42.5 Å². The summed E-state index contributed by atoms with van der Waals surface area (Å²) in [5.41, 5.74) is 4.43. The summed E-state index contributed by atoms with van der Waals surface area (Å²) in [7, 11) is 0. The molecule has 4 heterocycles. The average molecular weight is 555 g/mol. The number of aryl methyl sites for hydroxylation is 1. The number of imidazole rings is 1. The Labute approximate surface area is 232 Å². The van der Waals surface area contributed by atoms with Crippen molar-refractivity contribution in [3.05, 3.63) is 24.5 Å². The summed E-state index contributed by atoms with van der Waals surface area (Å²) < 4.78 is 7.60. The van der Waals surface area contributed by atoms with Crippen LogP contribution in [0.25, 0.3) is 11.0 Å². The number of piperazine rings is 1. The van der Waals surface area contributed by atoms with Gasteiger partial charge in [0.05, 0.1) is 23.3 Å². The van der Waals surface area contributed by atoms with Gasteiger partial charge in [0.15, 0.2) is 0 Å². The summed E-state index contributed by atoms with van der Waals surface area (Å²) in [5.74, 6) is -1.28. The second-order valence-electron chi connectivity index (χ2n) is 11.8. The van der Waals surface area contributed by atoms with Gasteiger partial charge in [-0.3, -0.25) is 19.7 Å². The lowest BCUT2D eigenvalue weighted by molar-refractivity contribution is -0.150. The van der Waals surface area contributed by atoms with Gasteiger partial charge in [-0.15, -0.1) is 0 Å². The quantitative estimate of drug-likeness (QED) is 0.377. The van der Waals surface area contributed by atoms with Crippen LogP contribution in [-0.2, 0) is 20.9 Å². The van der Waals surface area contributed by atoms with Crippen LogP contribution in [0.1, 0.15) is 32.6 Å². The zero-order valence-corrected chi connectivity index (χ0v) is 22.9. The molecule has 12 heteroatoms. The summed E-state index contributed by atoms with van der Waals surface area (Å²) >= 11 is 0. The first-order valence-electron chi connectivity index (χ1n) is 14.3. The number of fused-ring (bicyclic) bond motifs is 1. The Balaban J connectivity index is 1.18. The third kappa shape index (κ3) is 4.66. The molecule has 4 atom stereocenters. The second-order valence-corrected chi connectivity index (χ2v) is 11.8. The molecule has 1 aromatic carbocycles. The van der Waals surface area contributed by atoms with Gasteiger partial charge in [-0.1, -0.05) is 0 Å². The van der Waals surface area contributed by atoms with E-state index in [1.165, 1.54) is 4.90 Å². The van der Waals surface area contributed by atoms with Crippen molar-refractivity contribution in [3.63, 3.8) is 0 Å².